The molecule has 0 saturated carbocycles. The number of amides is 1. The van der Waals surface area contributed by atoms with Gasteiger partial charge in [-0.1, -0.05) is 42.1 Å². The molecule has 1 atom stereocenters. The number of para-hydroxylation sites is 1. The summed E-state index contributed by atoms with van der Waals surface area (Å²) >= 11 is 1.36. The number of aromatic nitrogens is 3. The molecule has 7 nitrogen and oxygen atoms in total. The van der Waals surface area contributed by atoms with Crippen LogP contribution in [0.15, 0.2) is 84.0 Å². The molecule has 174 valence electrons. The summed E-state index contributed by atoms with van der Waals surface area (Å²) in [6.45, 7) is 1.86. The van der Waals surface area contributed by atoms with Crippen molar-refractivity contribution in [3.8, 4) is 22.8 Å². The maximum atomic E-state index is 12.9. The van der Waals surface area contributed by atoms with Crippen LogP contribution in [0.2, 0.25) is 0 Å². The van der Waals surface area contributed by atoms with Crippen LogP contribution in [0.3, 0.4) is 0 Å². The van der Waals surface area contributed by atoms with E-state index < -0.39 is 5.25 Å². The van der Waals surface area contributed by atoms with Crippen LogP contribution in [-0.2, 0) is 4.79 Å². The van der Waals surface area contributed by atoms with Crippen LogP contribution >= 0.6 is 11.8 Å². The van der Waals surface area contributed by atoms with Gasteiger partial charge in [-0.05, 0) is 55.5 Å². The number of methoxy groups -OCH3 is 1. The minimum atomic E-state index is -0.390. The summed E-state index contributed by atoms with van der Waals surface area (Å²) in [5.41, 5.74) is 3.62. The van der Waals surface area contributed by atoms with Crippen LogP contribution in [0.5, 0.6) is 5.75 Å². The van der Waals surface area contributed by atoms with Crippen LogP contribution in [-0.4, -0.2) is 47.1 Å². The zero-order valence-corrected chi connectivity index (χ0v) is 20.4. The topological polar surface area (TPSA) is 72.3 Å². The third kappa shape index (κ3) is 5.23. The lowest BCUT2D eigenvalue weighted by Gasteiger charge is -2.15. The SMILES string of the molecule is COc1cccc(-c2nnc(SC(C)C(=O)Nc3ccc(N(C)C)cc3)n2-c2ccccc2)c1. The van der Waals surface area contributed by atoms with E-state index in [4.69, 9.17) is 4.74 Å². The summed E-state index contributed by atoms with van der Waals surface area (Å²) in [5.74, 6) is 1.31. The van der Waals surface area contributed by atoms with Gasteiger partial charge in [-0.15, -0.1) is 10.2 Å². The van der Waals surface area contributed by atoms with E-state index in [0.29, 0.717) is 11.0 Å². The Morgan fingerprint density at radius 3 is 2.41 bits per heavy atom. The molecule has 0 spiro atoms. The molecule has 0 aliphatic carbocycles. The first-order valence-corrected chi connectivity index (χ1v) is 11.7. The van der Waals surface area contributed by atoms with Crippen molar-refractivity contribution < 1.29 is 9.53 Å². The molecule has 4 rings (SSSR count). The zero-order chi connectivity index (χ0) is 24.1. The van der Waals surface area contributed by atoms with Gasteiger partial charge in [0.05, 0.1) is 12.4 Å². The number of thioether (sulfide) groups is 1. The van der Waals surface area contributed by atoms with Crippen molar-refractivity contribution in [2.24, 2.45) is 0 Å². The smallest absolute Gasteiger partial charge is 0.237 e. The Kier molecular flexibility index (Phi) is 7.18. The van der Waals surface area contributed by atoms with Gasteiger partial charge in [0.25, 0.3) is 0 Å². The Hall–Kier alpha value is -3.78. The molecule has 1 heterocycles. The first-order chi connectivity index (χ1) is 16.5. The molecule has 34 heavy (non-hydrogen) atoms. The quantitative estimate of drug-likeness (QED) is 0.358. The summed E-state index contributed by atoms with van der Waals surface area (Å²) in [7, 11) is 5.60. The second kappa shape index (κ2) is 10.4. The monoisotopic (exact) mass is 473 g/mol. The Morgan fingerprint density at radius 1 is 1.00 bits per heavy atom. The van der Waals surface area contributed by atoms with Crippen LogP contribution in [0.25, 0.3) is 17.1 Å². The maximum absolute atomic E-state index is 12.9. The van der Waals surface area contributed by atoms with Gasteiger partial charge in [-0.3, -0.25) is 9.36 Å². The molecule has 0 aliphatic heterocycles. The number of benzene rings is 3. The number of hydrogen-bond acceptors (Lipinski definition) is 6. The van der Waals surface area contributed by atoms with Crippen molar-refractivity contribution in [3.63, 3.8) is 0 Å². The van der Waals surface area contributed by atoms with Gasteiger partial charge >= 0.3 is 0 Å². The lowest BCUT2D eigenvalue weighted by molar-refractivity contribution is -0.115. The second-order valence-corrected chi connectivity index (χ2v) is 9.21. The lowest BCUT2D eigenvalue weighted by Crippen LogP contribution is -2.23. The van der Waals surface area contributed by atoms with Gasteiger partial charge in [0.15, 0.2) is 11.0 Å². The Bertz CT molecular complexity index is 1260. The largest absolute Gasteiger partial charge is 0.497 e. The van der Waals surface area contributed by atoms with E-state index >= 15 is 0 Å². The molecular weight excluding hydrogens is 446 g/mol. The van der Waals surface area contributed by atoms with Crippen molar-refractivity contribution in [1.29, 1.82) is 0 Å². The Morgan fingerprint density at radius 2 is 1.74 bits per heavy atom. The summed E-state index contributed by atoms with van der Waals surface area (Å²) in [6, 6.07) is 25.3. The molecule has 0 saturated heterocycles. The van der Waals surface area contributed by atoms with E-state index in [1.165, 1.54) is 11.8 Å². The van der Waals surface area contributed by atoms with Crippen LogP contribution in [0, 0.1) is 0 Å². The minimum absolute atomic E-state index is 0.104. The summed E-state index contributed by atoms with van der Waals surface area (Å²) in [4.78, 5) is 14.9. The van der Waals surface area contributed by atoms with Crippen molar-refractivity contribution in [2.45, 2.75) is 17.3 Å². The first kappa shape index (κ1) is 23.4. The van der Waals surface area contributed by atoms with Gasteiger partial charge in [-0.2, -0.15) is 0 Å². The number of ether oxygens (including phenoxy) is 1. The van der Waals surface area contributed by atoms with Gasteiger partial charge < -0.3 is 15.0 Å². The number of nitrogens with one attached hydrogen (secondary N) is 1. The van der Waals surface area contributed by atoms with Crippen LogP contribution < -0.4 is 15.0 Å². The van der Waals surface area contributed by atoms with Gasteiger partial charge in [0.1, 0.15) is 5.75 Å². The van der Waals surface area contributed by atoms with E-state index in [0.717, 1.165) is 28.4 Å². The molecule has 0 aliphatic rings. The van der Waals surface area contributed by atoms with Crippen molar-refractivity contribution in [1.82, 2.24) is 14.8 Å². The predicted molar refractivity (Wildman–Crippen MR) is 138 cm³/mol. The lowest BCUT2D eigenvalue weighted by atomic mass is 10.2. The van der Waals surface area contributed by atoms with E-state index in [1.54, 1.807) is 7.11 Å². The Balaban J connectivity index is 1.59. The highest BCUT2D eigenvalue weighted by Crippen LogP contribution is 2.31. The molecule has 4 aromatic rings. The normalized spacial score (nSPS) is 11.6. The van der Waals surface area contributed by atoms with E-state index in [1.807, 2.05) is 109 Å². The van der Waals surface area contributed by atoms with Crippen molar-refractivity contribution >= 4 is 29.0 Å². The van der Waals surface area contributed by atoms with Gasteiger partial charge in [0, 0.05) is 36.7 Å². The molecule has 1 N–H and O–H groups in total. The number of hydrogen-bond donors (Lipinski definition) is 1. The molecule has 1 amide bonds. The number of carbonyl (C=O) groups is 1. The average Bonchev–Trinajstić information content (AvgIpc) is 3.28. The highest BCUT2D eigenvalue weighted by atomic mass is 32.2. The maximum Gasteiger partial charge on any atom is 0.237 e. The second-order valence-electron chi connectivity index (χ2n) is 7.90. The molecule has 3 aromatic carbocycles. The molecule has 0 fully saturated rings. The number of carbonyl (C=O) groups excluding carboxylic acids is 1. The third-order valence-corrected chi connectivity index (χ3v) is 6.32. The summed E-state index contributed by atoms with van der Waals surface area (Å²) in [5, 5.41) is 12.1. The number of rotatable bonds is 8. The molecule has 1 aromatic heterocycles. The third-order valence-electron chi connectivity index (χ3n) is 5.28. The van der Waals surface area contributed by atoms with Crippen molar-refractivity contribution in [2.75, 3.05) is 31.4 Å². The predicted octanol–water partition coefficient (Wildman–Crippen LogP) is 5.13. The molecule has 0 bridgehead atoms. The molecule has 1 unspecified atom stereocenters. The Labute approximate surface area is 203 Å². The fourth-order valence-electron chi connectivity index (χ4n) is 3.40. The number of anilines is 2. The summed E-state index contributed by atoms with van der Waals surface area (Å²) < 4.78 is 7.35. The molecule has 0 radical (unpaired) electrons. The van der Waals surface area contributed by atoms with Crippen LogP contribution in [0.1, 0.15) is 6.92 Å². The first-order valence-electron chi connectivity index (χ1n) is 10.9. The average molecular weight is 474 g/mol. The number of nitrogens with zero attached hydrogens (tertiary/aromatic N) is 4. The van der Waals surface area contributed by atoms with Gasteiger partial charge in [-0.25, -0.2) is 0 Å². The minimum Gasteiger partial charge on any atom is -0.497 e. The van der Waals surface area contributed by atoms with E-state index in [-0.39, 0.29) is 5.91 Å². The fourth-order valence-corrected chi connectivity index (χ4v) is 4.27. The van der Waals surface area contributed by atoms with E-state index in [2.05, 4.69) is 15.5 Å². The summed E-state index contributed by atoms with van der Waals surface area (Å²) in [6.07, 6.45) is 0. The molecular formula is C26H27N5O2S. The molecule has 8 heteroatoms. The zero-order valence-electron chi connectivity index (χ0n) is 19.6. The van der Waals surface area contributed by atoms with Crippen molar-refractivity contribution in [3.05, 3.63) is 78.9 Å². The standard InChI is InChI=1S/C26H27N5O2S/c1-18(25(32)27-20-13-15-21(16-14-20)30(2)3)34-26-29-28-24(19-9-8-12-23(17-19)33-4)31(26)22-10-6-5-7-11-22/h5-18H,1-4H3,(H,27,32). The van der Waals surface area contributed by atoms with Gasteiger partial charge in [0.2, 0.25) is 5.91 Å². The van der Waals surface area contributed by atoms with Crippen LogP contribution in [0.4, 0.5) is 11.4 Å². The highest BCUT2D eigenvalue weighted by molar-refractivity contribution is 8.00. The highest BCUT2D eigenvalue weighted by Gasteiger charge is 2.22. The van der Waals surface area contributed by atoms with E-state index in [9.17, 15) is 4.79 Å². The fraction of sp³-hybridized carbons (Fsp3) is 0.192.